The summed E-state index contributed by atoms with van der Waals surface area (Å²) in [5.74, 6) is 2.67. The molecule has 30 heavy (non-hydrogen) atoms. The van der Waals surface area contributed by atoms with Crippen molar-refractivity contribution in [3.05, 3.63) is 72.1 Å². The number of ether oxygens (including phenoxy) is 4. The van der Waals surface area contributed by atoms with Gasteiger partial charge in [-0.2, -0.15) is 0 Å². The summed E-state index contributed by atoms with van der Waals surface area (Å²) in [6, 6.07) is 15.3. The van der Waals surface area contributed by atoms with E-state index < -0.39 is 12.4 Å². The van der Waals surface area contributed by atoms with Crippen LogP contribution in [0.2, 0.25) is 0 Å². The monoisotopic (exact) mass is 409 g/mol. The van der Waals surface area contributed by atoms with E-state index in [4.69, 9.17) is 18.9 Å². The number of rotatable bonds is 8. The van der Waals surface area contributed by atoms with E-state index in [0.29, 0.717) is 24.5 Å². The number of fused-ring (bicyclic) bond motifs is 1. The molecule has 6 nitrogen and oxygen atoms in total. The third-order valence-electron chi connectivity index (χ3n) is 5.54. The zero-order valence-electron chi connectivity index (χ0n) is 17.4. The molecule has 4 rings (SSSR count). The Hall–Kier alpha value is -3.12. The van der Waals surface area contributed by atoms with Gasteiger partial charge in [-0.3, -0.25) is 0 Å². The van der Waals surface area contributed by atoms with Gasteiger partial charge in [0.05, 0.1) is 20.3 Å². The van der Waals surface area contributed by atoms with E-state index >= 15 is 0 Å². The van der Waals surface area contributed by atoms with Crippen LogP contribution in [0.1, 0.15) is 23.7 Å². The van der Waals surface area contributed by atoms with Crippen LogP contribution in [-0.2, 0) is 6.54 Å². The molecule has 0 amide bonds. The highest BCUT2D eigenvalue weighted by atomic mass is 16.7. The number of benzene rings is 2. The number of aromatic nitrogens is 1. The first-order chi connectivity index (χ1) is 14.6. The van der Waals surface area contributed by atoms with Crippen LogP contribution in [0.25, 0.3) is 0 Å². The normalized spacial score (nSPS) is 15.1. The fourth-order valence-electron chi connectivity index (χ4n) is 3.91. The van der Waals surface area contributed by atoms with E-state index in [9.17, 15) is 5.11 Å². The molecule has 1 aromatic heterocycles. The van der Waals surface area contributed by atoms with Crippen LogP contribution in [0.15, 0.2) is 60.9 Å². The lowest BCUT2D eigenvalue weighted by Crippen LogP contribution is -2.28. The van der Waals surface area contributed by atoms with Crippen molar-refractivity contribution in [2.75, 3.05) is 14.2 Å². The van der Waals surface area contributed by atoms with Crippen molar-refractivity contribution in [3.63, 3.8) is 0 Å². The van der Waals surface area contributed by atoms with Crippen molar-refractivity contribution in [1.29, 1.82) is 0 Å². The molecule has 6 heteroatoms. The summed E-state index contributed by atoms with van der Waals surface area (Å²) in [7, 11) is 3.24. The lowest BCUT2D eigenvalue weighted by atomic mass is 9.91. The molecular weight excluding hydrogens is 382 g/mol. The van der Waals surface area contributed by atoms with Crippen LogP contribution in [0.4, 0.5) is 0 Å². The smallest absolute Gasteiger partial charge is 0.242 e. The van der Waals surface area contributed by atoms with E-state index in [1.54, 1.807) is 14.2 Å². The maximum atomic E-state index is 11.4. The van der Waals surface area contributed by atoms with Gasteiger partial charge < -0.3 is 28.6 Å². The van der Waals surface area contributed by atoms with Crippen LogP contribution in [-0.4, -0.2) is 30.2 Å². The van der Waals surface area contributed by atoms with E-state index in [2.05, 4.69) is 4.57 Å². The third kappa shape index (κ3) is 4.09. The molecule has 3 aromatic rings. The Bertz CT molecular complexity index is 935. The summed E-state index contributed by atoms with van der Waals surface area (Å²) in [5, 5.41) is 11.4. The first kappa shape index (κ1) is 20.2. The van der Waals surface area contributed by atoms with Crippen LogP contribution >= 0.6 is 0 Å². The van der Waals surface area contributed by atoms with Gasteiger partial charge in [0.2, 0.25) is 6.29 Å². The zero-order chi connectivity index (χ0) is 21.1. The van der Waals surface area contributed by atoms with Gasteiger partial charge in [-0.05, 0) is 48.9 Å². The average Bonchev–Trinajstić information content (AvgIpc) is 3.42. The first-order valence-corrected chi connectivity index (χ1v) is 10.0. The van der Waals surface area contributed by atoms with Gasteiger partial charge in [0.25, 0.3) is 0 Å². The van der Waals surface area contributed by atoms with Gasteiger partial charge in [-0.15, -0.1) is 0 Å². The van der Waals surface area contributed by atoms with Crippen LogP contribution < -0.4 is 18.9 Å². The maximum Gasteiger partial charge on any atom is 0.242 e. The number of hydrogen-bond acceptors (Lipinski definition) is 5. The number of aliphatic hydroxyl groups is 1. The second kappa shape index (κ2) is 8.71. The zero-order valence-corrected chi connectivity index (χ0v) is 17.4. The van der Waals surface area contributed by atoms with Gasteiger partial charge in [0.1, 0.15) is 11.5 Å². The summed E-state index contributed by atoms with van der Waals surface area (Å²) >= 11 is 0. The van der Waals surface area contributed by atoms with Crippen LogP contribution in [0.3, 0.4) is 0 Å². The third-order valence-corrected chi connectivity index (χ3v) is 5.54. The van der Waals surface area contributed by atoms with Crippen molar-refractivity contribution in [2.24, 2.45) is 5.92 Å². The molecule has 2 heterocycles. The molecule has 0 spiro atoms. The quantitative estimate of drug-likeness (QED) is 0.599. The summed E-state index contributed by atoms with van der Waals surface area (Å²) in [5.41, 5.74) is 1.64. The standard InChI is InChI=1S/C24H27NO5/c1-16-21(27-2)12-17(13-22(16)28-3)24(26)18(15-25-10-6-7-11-25)14-23-29-19-8-4-5-9-20(19)30-23/h4-13,18,23-24,26H,14-15H2,1-3H3/t18-,24+/m0/s1. The molecule has 158 valence electrons. The average molecular weight is 409 g/mol. The highest BCUT2D eigenvalue weighted by Gasteiger charge is 2.31. The van der Waals surface area contributed by atoms with Gasteiger partial charge in [-0.25, -0.2) is 0 Å². The number of nitrogens with zero attached hydrogens (tertiary/aromatic N) is 1. The Morgan fingerprint density at radius 3 is 2.07 bits per heavy atom. The van der Waals surface area contributed by atoms with Crippen molar-refractivity contribution in [3.8, 4) is 23.0 Å². The Morgan fingerprint density at radius 2 is 1.53 bits per heavy atom. The molecule has 0 radical (unpaired) electrons. The Morgan fingerprint density at radius 1 is 0.967 bits per heavy atom. The lowest BCUT2D eigenvalue weighted by Gasteiger charge is -2.26. The minimum Gasteiger partial charge on any atom is -0.496 e. The van der Waals surface area contributed by atoms with E-state index in [1.165, 1.54) is 0 Å². The molecule has 1 aliphatic heterocycles. The molecule has 0 unspecified atom stereocenters. The predicted octanol–water partition coefficient (Wildman–Crippen LogP) is 4.35. The highest BCUT2D eigenvalue weighted by molar-refractivity contribution is 5.48. The van der Waals surface area contributed by atoms with Crippen LogP contribution in [0.5, 0.6) is 23.0 Å². The Labute approximate surface area is 176 Å². The van der Waals surface area contributed by atoms with E-state index in [-0.39, 0.29) is 5.92 Å². The maximum absolute atomic E-state index is 11.4. The number of hydrogen-bond donors (Lipinski definition) is 1. The molecule has 2 atom stereocenters. The first-order valence-electron chi connectivity index (χ1n) is 10.0. The fraction of sp³-hybridized carbons (Fsp3) is 0.333. The molecule has 1 aliphatic rings. The van der Waals surface area contributed by atoms with E-state index in [1.807, 2.05) is 67.8 Å². The molecule has 0 saturated carbocycles. The van der Waals surface area contributed by atoms with Gasteiger partial charge >= 0.3 is 0 Å². The van der Waals surface area contributed by atoms with Crippen molar-refractivity contribution >= 4 is 0 Å². The Kier molecular flexibility index (Phi) is 5.86. The van der Waals surface area contributed by atoms with Crippen molar-refractivity contribution < 1.29 is 24.1 Å². The van der Waals surface area contributed by atoms with Gasteiger partial charge in [0, 0.05) is 36.8 Å². The van der Waals surface area contributed by atoms with Gasteiger partial charge in [0.15, 0.2) is 11.5 Å². The molecule has 0 aliphatic carbocycles. The molecule has 0 bridgehead atoms. The van der Waals surface area contributed by atoms with Crippen LogP contribution in [0, 0.1) is 12.8 Å². The predicted molar refractivity (Wildman–Crippen MR) is 113 cm³/mol. The number of para-hydroxylation sites is 2. The van der Waals surface area contributed by atoms with Crippen molar-refractivity contribution in [2.45, 2.75) is 32.3 Å². The van der Waals surface area contributed by atoms with Gasteiger partial charge in [-0.1, -0.05) is 12.1 Å². The minimum atomic E-state index is -0.758. The second-order valence-electron chi connectivity index (χ2n) is 7.48. The molecule has 1 N–H and O–H groups in total. The highest BCUT2D eigenvalue weighted by Crippen LogP contribution is 2.39. The molecule has 0 saturated heterocycles. The SMILES string of the molecule is COc1cc([C@@H](O)[C@@H](CC2Oc3ccccc3O2)Cn2cccc2)cc(OC)c1C. The molecule has 2 aromatic carbocycles. The molecular formula is C24H27NO5. The second-order valence-corrected chi connectivity index (χ2v) is 7.48. The number of methoxy groups -OCH3 is 2. The minimum absolute atomic E-state index is 0.158. The summed E-state index contributed by atoms with van der Waals surface area (Å²) in [6.45, 7) is 2.55. The topological polar surface area (TPSA) is 62.1 Å². The summed E-state index contributed by atoms with van der Waals surface area (Å²) < 4.78 is 25.0. The summed E-state index contributed by atoms with van der Waals surface area (Å²) in [4.78, 5) is 0. The van der Waals surface area contributed by atoms with E-state index in [0.717, 1.165) is 22.6 Å². The fourth-order valence-corrected chi connectivity index (χ4v) is 3.91. The van der Waals surface area contributed by atoms with Crippen molar-refractivity contribution in [1.82, 2.24) is 4.57 Å². The lowest BCUT2D eigenvalue weighted by molar-refractivity contribution is -0.00696. The largest absolute Gasteiger partial charge is 0.496 e. The Balaban J connectivity index is 1.59. The number of aliphatic hydroxyl groups excluding tert-OH is 1. The molecule has 0 fully saturated rings. The summed E-state index contributed by atoms with van der Waals surface area (Å²) in [6.07, 6.45) is 3.29.